The van der Waals surface area contributed by atoms with Crippen molar-refractivity contribution in [1.82, 2.24) is 5.32 Å². The zero-order valence-corrected chi connectivity index (χ0v) is 9.60. The summed E-state index contributed by atoms with van der Waals surface area (Å²) in [6, 6.07) is 0. The van der Waals surface area contributed by atoms with Crippen molar-refractivity contribution in [3.05, 3.63) is 0 Å². The lowest BCUT2D eigenvalue weighted by Crippen LogP contribution is -2.20. The van der Waals surface area contributed by atoms with Crippen molar-refractivity contribution in [2.45, 2.75) is 20.3 Å². The van der Waals surface area contributed by atoms with Crippen molar-refractivity contribution >= 4 is 35.2 Å². The first-order valence-corrected chi connectivity index (χ1v) is 5.22. The van der Waals surface area contributed by atoms with E-state index in [1.807, 2.05) is 0 Å². The summed E-state index contributed by atoms with van der Waals surface area (Å²) in [6.07, 6.45) is 1.17. The molecule has 1 aliphatic rings. The number of halogens is 1. The van der Waals surface area contributed by atoms with Crippen LogP contribution in [0.25, 0.3) is 0 Å². The van der Waals surface area contributed by atoms with Crippen LogP contribution in [0.2, 0.25) is 0 Å². The van der Waals surface area contributed by atoms with Crippen molar-refractivity contribution in [1.29, 1.82) is 5.41 Å². The van der Waals surface area contributed by atoms with Gasteiger partial charge < -0.3 is 5.32 Å². The molecule has 2 N–H and O–H groups in total. The van der Waals surface area contributed by atoms with E-state index in [0.717, 1.165) is 17.5 Å². The van der Waals surface area contributed by atoms with E-state index in [2.05, 4.69) is 24.2 Å². The Morgan fingerprint density at radius 2 is 2.38 bits per heavy atom. The Morgan fingerprint density at radius 1 is 1.69 bits per heavy atom. The molecule has 1 atom stereocenters. The number of hydrogen-bond acceptors (Lipinski definition) is 3. The summed E-state index contributed by atoms with van der Waals surface area (Å²) in [5, 5.41) is 11.1. The number of nitrogens with zero attached hydrogens (tertiary/aromatic N) is 1. The van der Waals surface area contributed by atoms with Crippen LogP contribution >= 0.6 is 24.2 Å². The van der Waals surface area contributed by atoms with E-state index in [0.29, 0.717) is 11.8 Å². The van der Waals surface area contributed by atoms with E-state index >= 15 is 0 Å². The Hall–Kier alpha value is -0.220. The zero-order chi connectivity index (χ0) is 8.97. The van der Waals surface area contributed by atoms with E-state index in [1.54, 1.807) is 11.8 Å². The summed E-state index contributed by atoms with van der Waals surface area (Å²) in [6.45, 7) is 5.23. The molecule has 0 spiro atoms. The second-order valence-electron chi connectivity index (χ2n) is 3.05. The van der Waals surface area contributed by atoms with Crippen LogP contribution < -0.4 is 5.32 Å². The second kappa shape index (κ2) is 6.27. The predicted octanol–water partition coefficient (Wildman–Crippen LogP) is 2.12. The molecule has 3 nitrogen and oxygen atoms in total. The fraction of sp³-hybridized carbons (Fsp3) is 0.750. The average molecular weight is 222 g/mol. The number of amidine groups is 2. The fourth-order valence-electron chi connectivity index (χ4n) is 0.795. The molecule has 0 aromatic carbocycles. The van der Waals surface area contributed by atoms with E-state index < -0.39 is 0 Å². The normalized spacial score (nSPS) is 21.1. The van der Waals surface area contributed by atoms with Crippen molar-refractivity contribution in [3.63, 3.8) is 0 Å². The maximum absolute atomic E-state index is 7.30. The van der Waals surface area contributed by atoms with E-state index in [-0.39, 0.29) is 12.4 Å². The SMILES string of the molecule is CCC(C)CN=C1NC(=N)CS1.Cl. The predicted molar refractivity (Wildman–Crippen MR) is 62.3 cm³/mol. The number of aliphatic imine (C=N–C) groups is 1. The molecule has 0 radical (unpaired) electrons. The second-order valence-corrected chi connectivity index (χ2v) is 4.02. The van der Waals surface area contributed by atoms with Gasteiger partial charge in [-0.1, -0.05) is 32.0 Å². The van der Waals surface area contributed by atoms with Gasteiger partial charge in [0.05, 0.1) is 5.75 Å². The van der Waals surface area contributed by atoms with Crippen LogP contribution in [0, 0.1) is 11.3 Å². The molecular formula is C8H16ClN3S. The minimum atomic E-state index is 0. The maximum atomic E-state index is 7.30. The summed E-state index contributed by atoms with van der Waals surface area (Å²) < 4.78 is 0. The van der Waals surface area contributed by atoms with Gasteiger partial charge in [-0.2, -0.15) is 0 Å². The van der Waals surface area contributed by atoms with E-state index in [1.165, 1.54) is 6.42 Å². The number of hydrogen-bond donors (Lipinski definition) is 2. The van der Waals surface area contributed by atoms with Gasteiger partial charge in [-0.25, -0.2) is 0 Å². The number of rotatable bonds is 3. The summed E-state index contributed by atoms with van der Waals surface area (Å²) in [5.74, 6) is 1.97. The molecule has 0 saturated carbocycles. The minimum Gasteiger partial charge on any atom is -0.323 e. The smallest absolute Gasteiger partial charge is 0.162 e. The van der Waals surface area contributed by atoms with Gasteiger partial charge in [0.15, 0.2) is 5.17 Å². The van der Waals surface area contributed by atoms with Crippen LogP contribution in [0.5, 0.6) is 0 Å². The molecule has 1 heterocycles. The van der Waals surface area contributed by atoms with Gasteiger partial charge in [0.25, 0.3) is 0 Å². The lowest BCUT2D eigenvalue weighted by atomic mass is 10.1. The summed E-state index contributed by atoms with van der Waals surface area (Å²) in [5.41, 5.74) is 0. The Kier molecular flexibility index (Phi) is 6.16. The molecule has 1 fully saturated rings. The third-order valence-electron chi connectivity index (χ3n) is 1.85. The standard InChI is InChI=1S/C8H15N3S.ClH/c1-3-6(2)4-10-8-11-7(9)5-12-8;/h6H,3-5H2,1-2H3,(H2,9,10,11);1H. The highest BCUT2D eigenvalue weighted by atomic mass is 35.5. The molecule has 5 heteroatoms. The van der Waals surface area contributed by atoms with Crippen LogP contribution in [0.15, 0.2) is 4.99 Å². The lowest BCUT2D eigenvalue weighted by Gasteiger charge is -2.03. The average Bonchev–Trinajstić information content (AvgIpc) is 2.47. The first kappa shape index (κ1) is 12.8. The number of thioether (sulfide) groups is 1. The summed E-state index contributed by atoms with van der Waals surface area (Å²) >= 11 is 1.62. The molecule has 0 amide bonds. The highest BCUT2D eigenvalue weighted by Gasteiger charge is 2.12. The quantitative estimate of drug-likeness (QED) is 0.767. The van der Waals surface area contributed by atoms with Gasteiger partial charge in [-0.15, -0.1) is 12.4 Å². The molecule has 0 aliphatic carbocycles. The van der Waals surface area contributed by atoms with Gasteiger partial charge in [-0.05, 0) is 5.92 Å². The first-order chi connectivity index (χ1) is 5.72. The van der Waals surface area contributed by atoms with Gasteiger partial charge in [0.1, 0.15) is 5.84 Å². The van der Waals surface area contributed by atoms with Gasteiger partial charge in [0, 0.05) is 6.54 Å². The van der Waals surface area contributed by atoms with Crippen LogP contribution in [0.1, 0.15) is 20.3 Å². The van der Waals surface area contributed by atoms with Crippen molar-refractivity contribution in [2.75, 3.05) is 12.3 Å². The molecule has 1 aliphatic heterocycles. The monoisotopic (exact) mass is 221 g/mol. The topological polar surface area (TPSA) is 48.2 Å². The largest absolute Gasteiger partial charge is 0.323 e. The molecule has 13 heavy (non-hydrogen) atoms. The van der Waals surface area contributed by atoms with Crippen LogP contribution in [-0.4, -0.2) is 23.3 Å². The van der Waals surface area contributed by atoms with Crippen molar-refractivity contribution in [3.8, 4) is 0 Å². The Morgan fingerprint density at radius 3 is 2.85 bits per heavy atom. The Bertz CT molecular complexity index is 206. The van der Waals surface area contributed by atoms with Gasteiger partial charge in [0.2, 0.25) is 0 Å². The number of nitrogens with one attached hydrogen (secondary N) is 2. The summed E-state index contributed by atoms with van der Waals surface area (Å²) in [7, 11) is 0. The Balaban J connectivity index is 0.00000144. The van der Waals surface area contributed by atoms with Crippen LogP contribution in [0.3, 0.4) is 0 Å². The van der Waals surface area contributed by atoms with E-state index in [4.69, 9.17) is 5.41 Å². The fourth-order valence-corrected chi connectivity index (χ4v) is 1.51. The first-order valence-electron chi connectivity index (χ1n) is 4.24. The molecule has 1 rings (SSSR count). The molecule has 1 unspecified atom stereocenters. The molecule has 1 saturated heterocycles. The molecule has 0 bridgehead atoms. The highest BCUT2D eigenvalue weighted by molar-refractivity contribution is 8.15. The molecule has 0 aromatic rings. The highest BCUT2D eigenvalue weighted by Crippen LogP contribution is 2.10. The third kappa shape index (κ3) is 4.52. The minimum absolute atomic E-state index is 0. The molecule has 0 aromatic heterocycles. The third-order valence-corrected chi connectivity index (χ3v) is 2.79. The van der Waals surface area contributed by atoms with Crippen LogP contribution in [-0.2, 0) is 0 Å². The lowest BCUT2D eigenvalue weighted by molar-refractivity contribution is 0.577. The Labute approximate surface area is 89.7 Å². The maximum Gasteiger partial charge on any atom is 0.162 e. The zero-order valence-electron chi connectivity index (χ0n) is 7.96. The summed E-state index contributed by atoms with van der Waals surface area (Å²) in [4.78, 5) is 4.37. The van der Waals surface area contributed by atoms with Crippen molar-refractivity contribution < 1.29 is 0 Å². The van der Waals surface area contributed by atoms with E-state index in [9.17, 15) is 0 Å². The van der Waals surface area contributed by atoms with Crippen LogP contribution in [0.4, 0.5) is 0 Å². The molecule has 76 valence electrons. The van der Waals surface area contributed by atoms with Gasteiger partial charge >= 0.3 is 0 Å². The van der Waals surface area contributed by atoms with Gasteiger partial charge in [-0.3, -0.25) is 10.4 Å². The molecular weight excluding hydrogens is 206 g/mol. The van der Waals surface area contributed by atoms with Crippen molar-refractivity contribution in [2.24, 2.45) is 10.9 Å².